The molecule has 0 radical (unpaired) electrons. The number of ketones is 2. The summed E-state index contributed by atoms with van der Waals surface area (Å²) < 4.78 is 0. The quantitative estimate of drug-likeness (QED) is 0.542. The monoisotopic (exact) mass is 409 g/mol. The minimum absolute atomic E-state index is 0.0144. The lowest BCUT2D eigenvalue weighted by molar-refractivity contribution is -0.703. The van der Waals surface area contributed by atoms with Crippen molar-refractivity contribution in [3.63, 3.8) is 0 Å². The summed E-state index contributed by atoms with van der Waals surface area (Å²) in [6, 6.07) is 12.6. The van der Waals surface area contributed by atoms with E-state index >= 15 is 0 Å². The molecule has 0 saturated heterocycles. The highest BCUT2D eigenvalue weighted by atomic mass is 32.1. The second-order valence-corrected chi connectivity index (χ2v) is 8.59. The van der Waals surface area contributed by atoms with Gasteiger partial charge in [0, 0.05) is 16.8 Å². The Morgan fingerprint density at radius 1 is 1.14 bits per heavy atom. The normalized spacial score (nSPS) is 13.3. The number of aromatic nitrogens is 1. The number of carbonyl (C=O) groups is 2. The highest BCUT2D eigenvalue weighted by Crippen LogP contribution is 2.24. The smallest absolute Gasteiger partial charge is 0.235 e. The largest absolute Gasteiger partial charge is 0.355 e. The molecule has 29 heavy (non-hydrogen) atoms. The minimum atomic E-state index is -0.287. The number of Topliss-reactive ketones (excluding diaryl/α,β-unsaturated/α-hetero) is 2. The minimum Gasteiger partial charge on any atom is -0.355 e. The number of nitrogens with one attached hydrogen (secondary N) is 1. The molecule has 0 aliphatic carbocycles. The number of aromatic amines is 1. The van der Waals surface area contributed by atoms with Gasteiger partial charge in [0.05, 0.1) is 10.6 Å². The molecule has 1 aromatic carbocycles. The van der Waals surface area contributed by atoms with Crippen molar-refractivity contribution >= 4 is 22.9 Å². The van der Waals surface area contributed by atoms with Crippen LogP contribution in [0.15, 0.2) is 41.8 Å². The first-order valence-electron chi connectivity index (χ1n) is 10.0. The van der Waals surface area contributed by atoms with E-state index in [0.29, 0.717) is 11.3 Å². The first-order chi connectivity index (χ1) is 13.8. The Hall–Kier alpha value is -2.50. The van der Waals surface area contributed by atoms with Gasteiger partial charge in [-0.1, -0.05) is 37.3 Å². The number of benzene rings is 1. The molecule has 0 amide bonds. The van der Waals surface area contributed by atoms with Crippen molar-refractivity contribution in [3.05, 3.63) is 80.3 Å². The van der Waals surface area contributed by atoms with Crippen molar-refractivity contribution < 1.29 is 14.9 Å². The van der Waals surface area contributed by atoms with Crippen LogP contribution in [0.5, 0.6) is 0 Å². The average molecular weight is 410 g/mol. The van der Waals surface area contributed by atoms with Crippen LogP contribution in [0.2, 0.25) is 0 Å². The molecule has 2 heterocycles. The van der Waals surface area contributed by atoms with Crippen LogP contribution in [0.25, 0.3) is 0 Å². The van der Waals surface area contributed by atoms with Crippen molar-refractivity contribution in [2.75, 3.05) is 0 Å². The topological polar surface area (TPSA) is 66.5 Å². The third-order valence-corrected chi connectivity index (χ3v) is 6.48. The molecule has 152 valence electrons. The maximum Gasteiger partial charge on any atom is 0.235 e. The number of thiophene rings is 1. The van der Waals surface area contributed by atoms with Crippen LogP contribution in [0.3, 0.4) is 0 Å². The number of aryl methyl sites for hydroxylation is 2. The Kier molecular flexibility index (Phi) is 6.50. The lowest BCUT2D eigenvalue weighted by Gasteiger charge is -2.19. The van der Waals surface area contributed by atoms with Gasteiger partial charge in [-0.2, -0.15) is 0 Å². The van der Waals surface area contributed by atoms with E-state index in [1.807, 2.05) is 26.8 Å². The lowest BCUT2D eigenvalue weighted by atomic mass is 9.99. The standard InChI is InChI=1S/C24H28N2O2S/c1-6-18-9-11-19(12-10-18)23(20-8-7-13-29-20)26-16(4)24(28)22-14(2)21(17(5)27)15(3)25-22/h7-13,16,23,25-26H,6H2,1-5H3/p+1/t16-,23+/m1/s1. The van der Waals surface area contributed by atoms with Crippen LogP contribution in [-0.4, -0.2) is 22.6 Å². The number of H-pyrrole nitrogens is 1. The Morgan fingerprint density at radius 3 is 2.34 bits per heavy atom. The van der Waals surface area contributed by atoms with Crippen molar-refractivity contribution in [1.82, 2.24) is 4.98 Å². The summed E-state index contributed by atoms with van der Waals surface area (Å²) in [5.41, 5.74) is 5.18. The summed E-state index contributed by atoms with van der Waals surface area (Å²) in [4.78, 5) is 29.5. The van der Waals surface area contributed by atoms with Crippen LogP contribution in [-0.2, 0) is 6.42 Å². The molecule has 2 atom stereocenters. The van der Waals surface area contributed by atoms with E-state index in [9.17, 15) is 9.59 Å². The zero-order valence-electron chi connectivity index (χ0n) is 17.7. The summed E-state index contributed by atoms with van der Waals surface area (Å²) >= 11 is 1.70. The fraction of sp³-hybridized carbons (Fsp3) is 0.333. The molecule has 4 nitrogen and oxygen atoms in total. The van der Waals surface area contributed by atoms with Gasteiger partial charge in [0.2, 0.25) is 5.78 Å². The van der Waals surface area contributed by atoms with Crippen molar-refractivity contribution in [1.29, 1.82) is 0 Å². The lowest BCUT2D eigenvalue weighted by Crippen LogP contribution is -2.92. The van der Waals surface area contributed by atoms with Crippen LogP contribution in [0.4, 0.5) is 0 Å². The fourth-order valence-corrected chi connectivity index (χ4v) is 4.76. The molecule has 0 aliphatic rings. The van der Waals surface area contributed by atoms with Crippen LogP contribution >= 0.6 is 11.3 Å². The fourth-order valence-electron chi connectivity index (χ4n) is 3.93. The third-order valence-electron chi connectivity index (χ3n) is 5.53. The van der Waals surface area contributed by atoms with Crippen LogP contribution in [0.1, 0.15) is 74.9 Å². The summed E-state index contributed by atoms with van der Waals surface area (Å²) in [6.45, 7) is 9.32. The van der Waals surface area contributed by atoms with Gasteiger partial charge in [-0.3, -0.25) is 9.59 Å². The van der Waals surface area contributed by atoms with Crippen LogP contribution < -0.4 is 5.32 Å². The number of nitrogens with two attached hydrogens (primary N) is 1. The van der Waals surface area contributed by atoms with E-state index in [1.54, 1.807) is 18.3 Å². The Bertz CT molecular complexity index is 1000. The molecular formula is C24H29N2O2S+. The Labute approximate surface area is 176 Å². The van der Waals surface area contributed by atoms with E-state index < -0.39 is 0 Å². The van der Waals surface area contributed by atoms with E-state index in [-0.39, 0.29) is 23.7 Å². The predicted molar refractivity (Wildman–Crippen MR) is 118 cm³/mol. The zero-order valence-corrected chi connectivity index (χ0v) is 18.5. The summed E-state index contributed by atoms with van der Waals surface area (Å²) in [5, 5.41) is 4.19. The van der Waals surface area contributed by atoms with E-state index in [0.717, 1.165) is 17.7 Å². The molecule has 0 aliphatic heterocycles. The maximum absolute atomic E-state index is 13.2. The molecule has 0 spiro atoms. The molecule has 2 aromatic heterocycles. The second-order valence-electron chi connectivity index (χ2n) is 7.61. The van der Waals surface area contributed by atoms with Gasteiger partial charge in [0.15, 0.2) is 5.78 Å². The van der Waals surface area contributed by atoms with Gasteiger partial charge >= 0.3 is 0 Å². The summed E-state index contributed by atoms with van der Waals surface area (Å²) in [6.07, 6.45) is 1.01. The molecule has 0 saturated carbocycles. The average Bonchev–Trinajstić information content (AvgIpc) is 3.33. The summed E-state index contributed by atoms with van der Waals surface area (Å²) in [7, 11) is 0. The predicted octanol–water partition coefficient (Wildman–Crippen LogP) is 4.38. The number of hydrogen-bond acceptors (Lipinski definition) is 3. The van der Waals surface area contributed by atoms with E-state index in [2.05, 4.69) is 52.9 Å². The number of hydrogen-bond donors (Lipinski definition) is 2. The molecule has 3 N–H and O–H groups in total. The van der Waals surface area contributed by atoms with Gasteiger partial charge in [0.25, 0.3) is 0 Å². The highest BCUT2D eigenvalue weighted by molar-refractivity contribution is 7.10. The van der Waals surface area contributed by atoms with Gasteiger partial charge < -0.3 is 10.3 Å². The van der Waals surface area contributed by atoms with Crippen molar-refractivity contribution in [2.24, 2.45) is 0 Å². The zero-order chi connectivity index (χ0) is 21.1. The molecule has 0 fully saturated rings. The van der Waals surface area contributed by atoms with Gasteiger partial charge in [-0.05, 0) is 56.7 Å². The molecule has 3 aromatic rings. The molecule has 0 bridgehead atoms. The van der Waals surface area contributed by atoms with Crippen LogP contribution in [0, 0.1) is 13.8 Å². The second kappa shape index (κ2) is 8.89. The summed E-state index contributed by atoms with van der Waals surface area (Å²) in [5.74, 6) is 0.00393. The SMILES string of the molecule is CCc1ccc([C@H]([NH2+][C@H](C)C(=O)c2[nH]c(C)c(C(C)=O)c2C)c2cccs2)cc1. The molecule has 5 heteroatoms. The van der Waals surface area contributed by atoms with E-state index in [4.69, 9.17) is 0 Å². The number of carbonyl (C=O) groups excluding carboxylic acids is 2. The van der Waals surface area contributed by atoms with E-state index in [1.165, 1.54) is 16.0 Å². The number of quaternary nitrogens is 1. The van der Waals surface area contributed by atoms with Crippen molar-refractivity contribution in [2.45, 2.75) is 53.1 Å². The third kappa shape index (κ3) is 4.41. The highest BCUT2D eigenvalue weighted by Gasteiger charge is 2.29. The van der Waals surface area contributed by atoms with Gasteiger partial charge in [-0.25, -0.2) is 0 Å². The first-order valence-corrected chi connectivity index (χ1v) is 10.9. The Balaban J connectivity index is 1.89. The Morgan fingerprint density at radius 2 is 1.83 bits per heavy atom. The van der Waals surface area contributed by atoms with Crippen molar-refractivity contribution in [3.8, 4) is 0 Å². The molecular weight excluding hydrogens is 380 g/mol. The maximum atomic E-state index is 13.2. The molecule has 0 unspecified atom stereocenters. The van der Waals surface area contributed by atoms with Gasteiger partial charge in [-0.15, -0.1) is 11.3 Å². The first kappa shape index (κ1) is 21.2. The van der Waals surface area contributed by atoms with Gasteiger partial charge in [0.1, 0.15) is 12.1 Å². The molecule has 3 rings (SSSR count). The number of rotatable bonds is 8.